The fraction of sp³-hybridized carbons (Fsp3) is 0.769. The zero-order valence-corrected chi connectivity index (χ0v) is 10.7. The van der Waals surface area contributed by atoms with Gasteiger partial charge in [-0.05, 0) is 39.5 Å². The van der Waals surface area contributed by atoms with Crippen molar-refractivity contribution < 1.29 is 4.79 Å². The fourth-order valence-corrected chi connectivity index (χ4v) is 1.96. The second kappa shape index (κ2) is 5.92. The molecule has 0 aromatic rings. The summed E-state index contributed by atoms with van der Waals surface area (Å²) in [6, 6.07) is -0.125. The van der Waals surface area contributed by atoms with Crippen molar-refractivity contribution in [1.29, 1.82) is 0 Å². The lowest BCUT2D eigenvalue weighted by Gasteiger charge is -2.20. The Morgan fingerprint density at radius 2 is 1.81 bits per heavy atom. The first-order valence-electron chi connectivity index (χ1n) is 6.23. The number of carbonyl (C=O) groups excluding carboxylic acids is 1. The summed E-state index contributed by atoms with van der Waals surface area (Å²) in [6.45, 7) is 5.91. The summed E-state index contributed by atoms with van der Waals surface area (Å²) >= 11 is 0. The number of carbonyl (C=O) groups is 1. The molecule has 1 aliphatic rings. The van der Waals surface area contributed by atoms with E-state index in [-0.39, 0.29) is 11.6 Å². The van der Waals surface area contributed by atoms with Crippen LogP contribution in [0.2, 0.25) is 0 Å². The number of nitrogens with one attached hydrogen (secondary N) is 2. The van der Waals surface area contributed by atoms with Gasteiger partial charge in [0.2, 0.25) is 0 Å². The van der Waals surface area contributed by atoms with Crippen molar-refractivity contribution >= 4 is 6.03 Å². The van der Waals surface area contributed by atoms with E-state index in [4.69, 9.17) is 0 Å². The van der Waals surface area contributed by atoms with Crippen molar-refractivity contribution in [3.63, 3.8) is 0 Å². The first kappa shape index (κ1) is 13.1. The smallest absolute Gasteiger partial charge is 0.319 e. The molecule has 0 aromatic heterocycles. The zero-order valence-electron chi connectivity index (χ0n) is 10.7. The molecule has 1 aliphatic carbocycles. The highest BCUT2D eigenvalue weighted by atomic mass is 16.2. The number of hydrogen-bond donors (Lipinski definition) is 2. The number of hydrogen-bond acceptors (Lipinski definition) is 1. The molecule has 92 valence electrons. The fourth-order valence-electron chi connectivity index (χ4n) is 1.96. The maximum atomic E-state index is 11.4. The summed E-state index contributed by atoms with van der Waals surface area (Å²) in [7, 11) is 0. The molecule has 2 N–H and O–H groups in total. The van der Waals surface area contributed by atoms with Crippen LogP contribution in [0.4, 0.5) is 4.79 Å². The van der Waals surface area contributed by atoms with E-state index in [0.717, 1.165) is 0 Å². The maximum absolute atomic E-state index is 11.4. The van der Waals surface area contributed by atoms with E-state index in [0.29, 0.717) is 5.92 Å². The molecule has 0 heterocycles. The standard InChI is InChI=1S/C13H24N2O/c1-13(2,3)15-12(16)14-10-9-11-7-5-4-6-8-11/h9-11H,4-8H2,1-3H3,(H2,14,15,16)/b10-9+. The van der Waals surface area contributed by atoms with Crippen LogP contribution >= 0.6 is 0 Å². The molecule has 0 unspecified atom stereocenters. The predicted molar refractivity (Wildman–Crippen MR) is 67.1 cm³/mol. The molecule has 1 fully saturated rings. The Hall–Kier alpha value is -0.990. The summed E-state index contributed by atoms with van der Waals surface area (Å²) in [6.07, 6.45) is 10.4. The molecule has 0 atom stereocenters. The van der Waals surface area contributed by atoms with Gasteiger partial charge in [-0.1, -0.05) is 25.3 Å². The van der Waals surface area contributed by atoms with Crippen LogP contribution in [0.15, 0.2) is 12.3 Å². The first-order chi connectivity index (χ1) is 7.47. The minimum atomic E-state index is -0.178. The van der Waals surface area contributed by atoms with Crippen LogP contribution in [0.5, 0.6) is 0 Å². The lowest BCUT2D eigenvalue weighted by molar-refractivity contribution is 0.235. The van der Waals surface area contributed by atoms with Crippen molar-refractivity contribution in [2.45, 2.75) is 58.4 Å². The Balaban J connectivity index is 2.22. The monoisotopic (exact) mass is 224 g/mol. The Bertz CT molecular complexity index is 247. The summed E-state index contributed by atoms with van der Waals surface area (Å²) in [5.74, 6) is 0.656. The quantitative estimate of drug-likeness (QED) is 0.743. The average molecular weight is 224 g/mol. The number of amides is 2. The molecule has 2 amide bonds. The lowest BCUT2D eigenvalue weighted by Crippen LogP contribution is -2.44. The van der Waals surface area contributed by atoms with Crippen molar-refractivity contribution in [2.75, 3.05) is 0 Å². The van der Waals surface area contributed by atoms with Crippen LogP contribution in [0.3, 0.4) is 0 Å². The Morgan fingerprint density at radius 1 is 1.19 bits per heavy atom. The van der Waals surface area contributed by atoms with Crippen molar-refractivity contribution in [3.05, 3.63) is 12.3 Å². The zero-order chi connectivity index (χ0) is 12.0. The summed E-state index contributed by atoms with van der Waals surface area (Å²) < 4.78 is 0. The van der Waals surface area contributed by atoms with Gasteiger partial charge in [-0.25, -0.2) is 4.79 Å². The van der Waals surface area contributed by atoms with E-state index < -0.39 is 0 Å². The molecule has 1 rings (SSSR count). The predicted octanol–water partition coefficient (Wildman–Crippen LogP) is 3.18. The molecule has 0 bridgehead atoms. The Morgan fingerprint density at radius 3 is 2.38 bits per heavy atom. The number of rotatable bonds is 2. The normalized spacial score (nSPS) is 18.7. The Labute approximate surface area is 98.7 Å². The van der Waals surface area contributed by atoms with Gasteiger partial charge in [-0.15, -0.1) is 0 Å². The van der Waals surface area contributed by atoms with Gasteiger partial charge >= 0.3 is 6.03 Å². The first-order valence-corrected chi connectivity index (χ1v) is 6.23. The molecular weight excluding hydrogens is 200 g/mol. The van der Waals surface area contributed by atoms with Gasteiger partial charge in [0.15, 0.2) is 0 Å². The highest BCUT2D eigenvalue weighted by molar-refractivity contribution is 5.75. The molecular formula is C13H24N2O. The second-order valence-corrected chi connectivity index (χ2v) is 5.61. The molecule has 16 heavy (non-hydrogen) atoms. The van der Waals surface area contributed by atoms with Crippen molar-refractivity contribution in [3.8, 4) is 0 Å². The highest BCUT2D eigenvalue weighted by Gasteiger charge is 2.13. The van der Waals surface area contributed by atoms with E-state index in [1.54, 1.807) is 6.20 Å². The van der Waals surface area contributed by atoms with Gasteiger partial charge in [0.25, 0.3) is 0 Å². The molecule has 0 radical (unpaired) electrons. The van der Waals surface area contributed by atoms with Gasteiger partial charge in [0, 0.05) is 11.7 Å². The van der Waals surface area contributed by atoms with E-state index in [1.807, 2.05) is 20.8 Å². The van der Waals surface area contributed by atoms with Crippen molar-refractivity contribution in [2.24, 2.45) is 5.92 Å². The number of allylic oxidation sites excluding steroid dienone is 1. The molecule has 0 aromatic carbocycles. The van der Waals surface area contributed by atoms with Crippen LogP contribution in [0.1, 0.15) is 52.9 Å². The van der Waals surface area contributed by atoms with Crippen LogP contribution in [0, 0.1) is 5.92 Å². The third kappa shape index (κ3) is 5.79. The molecule has 0 spiro atoms. The third-order valence-electron chi connectivity index (χ3n) is 2.72. The van der Waals surface area contributed by atoms with Crippen LogP contribution in [-0.2, 0) is 0 Å². The van der Waals surface area contributed by atoms with Gasteiger partial charge < -0.3 is 10.6 Å². The van der Waals surface area contributed by atoms with Crippen LogP contribution in [0.25, 0.3) is 0 Å². The highest BCUT2D eigenvalue weighted by Crippen LogP contribution is 2.24. The number of urea groups is 1. The summed E-state index contributed by atoms with van der Waals surface area (Å²) in [5.41, 5.74) is -0.178. The van der Waals surface area contributed by atoms with Gasteiger partial charge in [-0.3, -0.25) is 0 Å². The third-order valence-corrected chi connectivity index (χ3v) is 2.72. The minimum Gasteiger partial charge on any atom is -0.333 e. The Kier molecular flexibility index (Phi) is 4.84. The van der Waals surface area contributed by atoms with Crippen LogP contribution in [-0.4, -0.2) is 11.6 Å². The lowest BCUT2D eigenvalue weighted by atomic mass is 9.89. The second-order valence-electron chi connectivity index (χ2n) is 5.61. The average Bonchev–Trinajstić information content (AvgIpc) is 2.16. The van der Waals surface area contributed by atoms with Gasteiger partial charge in [0.1, 0.15) is 0 Å². The molecule has 3 nitrogen and oxygen atoms in total. The van der Waals surface area contributed by atoms with E-state index >= 15 is 0 Å². The molecule has 0 saturated heterocycles. The minimum absolute atomic E-state index is 0.125. The molecule has 3 heteroatoms. The summed E-state index contributed by atoms with van der Waals surface area (Å²) in [5, 5.41) is 5.61. The van der Waals surface area contributed by atoms with Crippen LogP contribution < -0.4 is 10.6 Å². The van der Waals surface area contributed by atoms with Gasteiger partial charge in [-0.2, -0.15) is 0 Å². The van der Waals surface area contributed by atoms with E-state index in [2.05, 4.69) is 16.7 Å². The van der Waals surface area contributed by atoms with Gasteiger partial charge in [0.05, 0.1) is 0 Å². The SMILES string of the molecule is CC(C)(C)NC(=O)N/C=C/C1CCCCC1. The van der Waals surface area contributed by atoms with E-state index in [9.17, 15) is 4.79 Å². The topological polar surface area (TPSA) is 41.1 Å². The molecule has 1 saturated carbocycles. The van der Waals surface area contributed by atoms with E-state index in [1.165, 1.54) is 32.1 Å². The summed E-state index contributed by atoms with van der Waals surface area (Å²) in [4.78, 5) is 11.4. The largest absolute Gasteiger partial charge is 0.333 e. The van der Waals surface area contributed by atoms with Crippen molar-refractivity contribution in [1.82, 2.24) is 10.6 Å². The molecule has 0 aliphatic heterocycles. The maximum Gasteiger partial charge on any atom is 0.319 e.